The largest absolute Gasteiger partial charge is 0.490 e. The first kappa shape index (κ1) is 21.8. The fourth-order valence-electron chi connectivity index (χ4n) is 1.81. The van der Waals surface area contributed by atoms with Crippen LogP contribution in [0.2, 0.25) is 0 Å². The summed E-state index contributed by atoms with van der Waals surface area (Å²) in [6.45, 7) is -0.535. The van der Waals surface area contributed by atoms with Gasteiger partial charge in [-0.25, -0.2) is 13.7 Å². The van der Waals surface area contributed by atoms with E-state index in [1.807, 2.05) is 0 Å². The van der Waals surface area contributed by atoms with Gasteiger partial charge >= 0.3 is 23.5 Å². The number of thiol groups is 1. The van der Waals surface area contributed by atoms with Crippen molar-refractivity contribution in [2.75, 3.05) is 12.5 Å². The summed E-state index contributed by atoms with van der Waals surface area (Å²) in [5, 5.41) is 0. The molecule has 1 aliphatic heterocycles. The van der Waals surface area contributed by atoms with Crippen LogP contribution in [0.1, 0.15) is 6.42 Å². The zero-order valence-electron chi connectivity index (χ0n) is 11.7. The number of hydrogen-bond acceptors (Lipinski definition) is 9. The first-order chi connectivity index (χ1) is 10.3. The molecule has 0 aromatic heterocycles. The minimum atomic E-state index is -5.52. The minimum Gasteiger partial charge on any atom is -0.379 e. The second kappa shape index (κ2) is 8.42. The number of phosphoric acid groups is 3. The summed E-state index contributed by atoms with van der Waals surface area (Å²) in [6, 6.07) is -0.214. The van der Waals surface area contributed by atoms with E-state index in [1.54, 1.807) is 7.85 Å². The van der Waals surface area contributed by atoms with Crippen LogP contribution in [0.4, 0.5) is 0 Å². The van der Waals surface area contributed by atoms with Crippen molar-refractivity contribution in [1.29, 1.82) is 0 Å². The van der Waals surface area contributed by atoms with Gasteiger partial charge in [0.1, 0.15) is 14.0 Å². The minimum absolute atomic E-state index is 0.0759. The Morgan fingerprint density at radius 2 is 1.74 bits per heavy atom. The topological polar surface area (TPSA) is 178 Å². The molecule has 0 bridgehead atoms. The van der Waals surface area contributed by atoms with Gasteiger partial charge in [0, 0.05) is 6.00 Å². The summed E-state index contributed by atoms with van der Waals surface area (Å²) in [4.78, 5) is 35.1. The standard InChI is InChI=1S/C6H16BO12P3S/c7-6-1-4(15-3-23)5(17-6)2-16-21(11,12)19-22(13,14)18-20(8,9)10/h4-6,23H,1-3,7H2,(H,11,12)(H,13,14)(H2,8,9,10)/t4-,5?,6-/m1/s1. The average molecular weight is 416 g/mol. The average Bonchev–Trinajstić information content (AvgIpc) is 2.63. The number of phosphoric ester groups is 1. The number of hydrogen-bond donors (Lipinski definition) is 5. The summed E-state index contributed by atoms with van der Waals surface area (Å²) in [7, 11) is -14.4. The fourth-order valence-corrected chi connectivity index (χ4v) is 5.03. The number of rotatable bonds is 9. The lowest BCUT2D eigenvalue weighted by Gasteiger charge is -2.20. The van der Waals surface area contributed by atoms with Crippen LogP contribution in [-0.2, 0) is 36.3 Å². The van der Waals surface area contributed by atoms with Crippen molar-refractivity contribution in [2.45, 2.75) is 24.6 Å². The molecule has 0 aromatic carbocycles. The molecule has 0 spiro atoms. The molecule has 5 atom stereocenters. The molecular formula is C6H16BO12P3S. The van der Waals surface area contributed by atoms with Gasteiger partial charge in [-0.3, -0.25) is 4.52 Å². The summed E-state index contributed by atoms with van der Waals surface area (Å²) in [5.41, 5.74) is 0. The lowest BCUT2D eigenvalue weighted by molar-refractivity contribution is -0.0236. The van der Waals surface area contributed by atoms with Crippen molar-refractivity contribution >= 4 is 43.9 Å². The Kier molecular flexibility index (Phi) is 7.97. The van der Waals surface area contributed by atoms with E-state index in [2.05, 4.69) is 25.8 Å². The van der Waals surface area contributed by atoms with Crippen LogP contribution in [0.5, 0.6) is 0 Å². The molecular weight excluding hydrogens is 400 g/mol. The Balaban J connectivity index is 2.60. The van der Waals surface area contributed by atoms with Crippen molar-refractivity contribution in [1.82, 2.24) is 0 Å². The Morgan fingerprint density at radius 3 is 2.26 bits per heavy atom. The molecule has 3 unspecified atom stereocenters. The van der Waals surface area contributed by atoms with Gasteiger partial charge in [-0.15, -0.1) is 0 Å². The third kappa shape index (κ3) is 8.60. The van der Waals surface area contributed by atoms with Gasteiger partial charge < -0.3 is 29.0 Å². The summed E-state index contributed by atoms with van der Waals surface area (Å²) < 4.78 is 55.4. The van der Waals surface area contributed by atoms with Crippen molar-refractivity contribution in [3.05, 3.63) is 0 Å². The van der Waals surface area contributed by atoms with Crippen molar-refractivity contribution in [3.63, 3.8) is 0 Å². The third-order valence-electron chi connectivity index (χ3n) is 2.49. The van der Waals surface area contributed by atoms with E-state index in [0.29, 0.717) is 6.42 Å². The SMILES string of the molecule is B[C@H]1C[C@@H](OCS)C(COP(=O)(O)OP(=O)(O)OP(=O)(O)O)O1. The monoisotopic (exact) mass is 416 g/mol. The van der Waals surface area contributed by atoms with E-state index in [4.69, 9.17) is 24.2 Å². The second-order valence-electron chi connectivity index (χ2n) is 4.44. The van der Waals surface area contributed by atoms with Gasteiger partial charge in [0.15, 0.2) is 0 Å². The quantitative estimate of drug-likeness (QED) is 0.139. The molecule has 0 aromatic rings. The summed E-state index contributed by atoms with van der Waals surface area (Å²) in [6.07, 6.45) is -0.762. The van der Waals surface area contributed by atoms with Crippen molar-refractivity contribution in [3.8, 4) is 0 Å². The van der Waals surface area contributed by atoms with E-state index >= 15 is 0 Å². The van der Waals surface area contributed by atoms with Crippen LogP contribution in [0.3, 0.4) is 0 Å². The second-order valence-corrected chi connectivity index (χ2v) is 9.12. The van der Waals surface area contributed by atoms with Gasteiger partial charge in [0.25, 0.3) is 0 Å². The highest BCUT2D eigenvalue weighted by atomic mass is 32.1. The highest BCUT2D eigenvalue weighted by Gasteiger charge is 2.42. The molecule has 12 nitrogen and oxygen atoms in total. The molecule has 0 amide bonds. The molecule has 17 heteroatoms. The van der Waals surface area contributed by atoms with Gasteiger partial charge in [0.2, 0.25) is 0 Å². The molecule has 0 aliphatic carbocycles. The zero-order chi connectivity index (χ0) is 17.9. The lowest BCUT2D eigenvalue weighted by Crippen LogP contribution is -2.28. The Labute approximate surface area is 137 Å². The van der Waals surface area contributed by atoms with Gasteiger partial charge in [-0.1, -0.05) is 0 Å². The van der Waals surface area contributed by atoms with Crippen LogP contribution >= 0.6 is 36.1 Å². The molecule has 1 fully saturated rings. The van der Waals surface area contributed by atoms with Gasteiger partial charge in [0.05, 0.1) is 18.6 Å². The van der Waals surface area contributed by atoms with E-state index < -0.39 is 42.3 Å². The predicted molar refractivity (Wildman–Crippen MR) is 80.4 cm³/mol. The summed E-state index contributed by atoms with van der Waals surface area (Å²) >= 11 is 3.88. The van der Waals surface area contributed by atoms with Crippen LogP contribution in [0, 0.1) is 0 Å². The maximum atomic E-state index is 11.6. The zero-order valence-corrected chi connectivity index (χ0v) is 15.3. The predicted octanol–water partition coefficient (Wildman–Crippen LogP) is -0.650. The first-order valence-electron chi connectivity index (χ1n) is 6.00. The van der Waals surface area contributed by atoms with Crippen LogP contribution < -0.4 is 0 Å². The Morgan fingerprint density at radius 1 is 1.13 bits per heavy atom. The van der Waals surface area contributed by atoms with Crippen molar-refractivity contribution < 1.29 is 55.9 Å². The summed E-state index contributed by atoms with van der Waals surface area (Å²) in [5.74, 6) is 0.0759. The molecule has 1 saturated heterocycles. The van der Waals surface area contributed by atoms with E-state index in [9.17, 15) is 18.6 Å². The fraction of sp³-hybridized carbons (Fsp3) is 1.00. The molecule has 0 saturated carbocycles. The molecule has 1 aliphatic rings. The smallest absolute Gasteiger partial charge is 0.379 e. The van der Waals surface area contributed by atoms with Crippen LogP contribution in [0.15, 0.2) is 0 Å². The van der Waals surface area contributed by atoms with Crippen molar-refractivity contribution in [2.24, 2.45) is 0 Å². The molecule has 136 valence electrons. The van der Waals surface area contributed by atoms with E-state index in [0.717, 1.165) is 0 Å². The van der Waals surface area contributed by atoms with Crippen LogP contribution in [0.25, 0.3) is 0 Å². The highest BCUT2D eigenvalue weighted by Crippen LogP contribution is 2.66. The molecule has 1 rings (SSSR count). The molecule has 1 heterocycles. The van der Waals surface area contributed by atoms with Gasteiger partial charge in [-0.05, 0) is 6.42 Å². The highest BCUT2D eigenvalue weighted by molar-refractivity contribution is 7.80. The first-order valence-corrected chi connectivity index (χ1v) is 11.2. The maximum absolute atomic E-state index is 11.6. The normalized spacial score (nSPS) is 30.7. The van der Waals surface area contributed by atoms with E-state index in [1.165, 1.54) is 0 Å². The Hall–Kier alpha value is 0.745. The van der Waals surface area contributed by atoms with Gasteiger partial charge in [-0.2, -0.15) is 21.3 Å². The third-order valence-corrected chi connectivity index (χ3v) is 6.44. The molecule has 0 radical (unpaired) electrons. The molecule has 4 N–H and O–H groups in total. The Bertz CT molecular complexity index is 539. The maximum Gasteiger partial charge on any atom is 0.490 e. The lowest BCUT2D eigenvalue weighted by atomic mass is 9.96. The van der Waals surface area contributed by atoms with Crippen LogP contribution in [-0.4, -0.2) is 58.2 Å². The number of ether oxygens (including phenoxy) is 2. The van der Waals surface area contributed by atoms with E-state index in [-0.39, 0.29) is 11.9 Å². The molecule has 23 heavy (non-hydrogen) atoms.